The highest BCUT2D eigenvalue weighted by atomic mass is 32.2. The van der Waals surface area contributed by atoms with E-state index >= 15 is 0 Å². The van der Waals surface area contributed by atoms with Crippen LogP contribution in [0.15, 0.2) is 24.5 Å². The van der Waals surface area contributed by atoms with Gasteiger partial charge in [-0.1, -0.05) is 0 Å². The normalized spacial score (nSPS) is 25.3. The van der Waals surface area contributed by atoms with Gasteiger partial charge in [0.25, 0.3) is 0 Å². The molecule has 1 spiro atoms. The van der Waals surface area contributed by atoms with Gasteiger partial charge in [-0.15, -0.1) is 0 Å². The van der Waals surface area contributed by atoms with Gasteiger partial charge in [0.15, 0.2) is 0 Å². The van der Waals surface area contributed by atoms with Gasteiger partial charge in [-0.3, -0.25) is 4.98 Å². The van der Waals surface area contributed by atoms with Crippen LogP contribution in [0.25, 0.3) is 0 Å². The van der Waals surface area contributed by atoms with Crippen LogP contribution in [0, 0.1) is 0 Å². The molecule has 0 saturated carbocycles. The minimum Gasteiger partial charge on any atom is -0.486 e. The van der Waals surface area contributed by atoms with Gasteiger partial charge in [-0.05, 0) is 31.9 Å². The number of hydrogen-bond acceptors (Lipinski definition) is 6. The lowest BCUT2D eigenvalue weighted by atomic mass is 9.90. The van der Waals surface area contributed by atoms with Crippen molar-refractivity contribution in [3.63, 3.8) is 0 Å². The lowest BCUT2D eigenvalue weighted by molar-refractivity contribution is -0.192. The molecular weight excluding hydrogens is 417 g/mol. The van der Waals surface area contributed by atoms with Crippen LogP contribution in [-0.2, 0) is 19.6 Å². The van der Waals surface area contributed by atoms with Gasteiger partial charge >= 0.3 is 12.1 Å². The Morgan fingerprint density at radius 1 is 1.48 bits per heavy atom. The molecular formula is C17H23F3N2O6S. The van der Waals surface area contributed by atoms with E-state index in [1.807, 2.05) is 12.1 Å². The molecule has 1 N–H and O–H groups in total. The molecule has 8 nitrogen and oxygen atoms in total. The molecule has 0 aromatic carbocycles. The summed E-state index contributed by atoms with van der Waals surface area (Å²) in [5, 5.41) is 7.12. The molecule has 29 heavy (non-hydrogen) atoms. The molecule has 164 valence electrons. The van der Waals surface area contributed by atoms with Crippen molar-refractivity contribution in [3.05, 3.63) is 24.5 Å². The van der Waals surface area contributed by atoms with Gasteiger partial charge in [0.1, 0.15) is 11.9 Å². The zero-order valence-electron chi connectivity index (χ0n) is 15.8. The maximum absolute atomic E-state index is 12.1. The number of carboxylic acid groups (broad SMARTS) is 1. The highest BCUT2D eigenvalue weighted by Crippen LogP contribution is 2.37. The summed E-state index contributed by atoms with van der Waals surface area (Å²) in [5.74, 6) is -1.90. The highest BCUT2D eigenvalue weighted by molar-refractivity contribution is 7.89. The maximum Gasteiger partial charge on any atom is 0.490 e. The van der Waals surface area contributed by atoms with Gasteiger partial charge in [0, 0.05) is 25.7 Å². The van der Waals surface area contributed by atoms with Crippen molar-refractivity contribution in [2.45, 2.75) is 44.1 Å². The van der Waals surface area contributed by atoms with Crippen LogP contribution in [0.5, 0.6) is 5.75 Å². The average molecular weight is 440 g/mol. The first-order valence-corrected chi connectivity index (χ1v) is 10.6. The topological polar surface area (TPSA) is 106 Å². The lowest BCUT2D eigenvalue weighted by Crippen LogP contribution is -2.50. The molecule has 2 fully saturated rings. The van der Waals surface area contributed by atoms with Crippen LogP contribution >= 0.6 is 0 Å². The smallest absolute Gasteiger partial charge is 0.486 e. The van der Waals surface area contributed by atoms with Crippen LogP contribution in [-0.4, -0.2) is 72.1 Å². The zero-order chi connectivity index (χ0) is 21.7. The fourth-order valence-corrected chi connectivity index (χ4v) is 4.45. The minimum absolute atomic E-state index is 0.0477. The maximum atomic E-state index is 12.1. The predicted molar refractivity (Wildman–Crippen MR) is 95.9 cm³/mol. The van der Waals surface area contributed by atoms with Crippen LogP contribution < -0.4 is 4.74 Å². The quantitative estimate of drug-likeness (QED) is 0.764. The van der Waals surface area contributed by atoms with E-state index in [1.165, 1.54) is 0 Å². The number of nitrogens with zero attached hydrogens (tertiary/aromatic N) is 2. The van der Waals surface area contributed by atoms with Gasteiger partial charge in [-0.25, -0.2) is 13.2 Å². The number of carbonyl (C=O) groups is 1. The number of sulfonamides is 1. The first-order valence-electron chi connectivity index (χ1n) is 8.96. The first kappa shape index (κ1) is 23.4. The Hall–Kier alpha value is -1.92. The molecule has 2 unspecified atom stereocenters. The summed E-state index contributed by atoms with van der Waals surface area (Å²) in [6, 6.07) is 3.70. The van der Waals surface area contributed by atoms with E-state index in [2.05, 4.69) is 4.98 Å². The van der Waals surface area contributed by atoms with Crippen LogP contribution in [0.4, 0.5) is 13.2 Å². The molecule has 3 heterocycles. The van der Waals surface area contributed by atoms with Crippen molar-refractivity contribution in [1.82, 2.24) is 9.29 Å². The number of aromatic nitrogens is 1. The van der Waals surface area contributed by atoms with Crippen molar-refractivity contribution in [2.24, 2.45) is 0 Å². The Balaban J connectivity index is 0.000000370. The van der Waals surface area contributed by atoms with E-state index < -0.39 is 27.8 Å². The van der Waals surface area contributed by atoms with Crippen molar-refractivity contribution in [1.29, 1.82) is 0 Å². The molecule has 2 saturated heterocycles. The number of aliphatic carboxylic acids is 1. The van der Waals surface area contributed by atoms with E-state index in [9.17, 15) is 21.6 Å². The third-order valence-electron chi connectivity index (χ3n) is 4.62. The van der Waals surface area contributed by atoms with Crippen LogP contribution in [0.1, 0.15) is 26.2 Å². The van der Waals surface area contributed by atoms with E-state index in [4.69, 9.17) is 19.4 Å². The largest absolute Gasteiger partial charge is 0.490 e. The number of piperidine rings is 1. The molecule has 2 atom stereocenters. The van der Waals surface area contributed by atoms with Gasteiger partial charge in [-0.2, -0.15) is 17.5 Å². The summed E-state index contributed by atoms with van der Waals surface area (Å²) in [6.45, 7) is 3.21. The van der Waals surface area contributed by atoms with Gasteiger partial charge < -0.3 is 14.6 Å². The van der Waals surface area contributed by atoms with E-state index in [1.54, 1.807) is 23.6 Å². The second-order valence-electron chi connectivity index (χ2n) is 6.77. The van der Waals surface area contributed by atoms with Gasteiger partial charge in [0.05, 0.1) is 24.2 Å². The van der Waals surface area contributed by atoms with Crippen molar-refractivity contribution >= 4 is 16.0 Å². The van der Waals surface area contributed by atoms with Crippen molar-refractivity contribution < 1.29 is 41.0 Å². The summed E-state index contributed by atoms with van der Waals surface area (Å²) >= 11 is 0. The summed E-state index contributed by atoms with van der Waals surface area (Å²) in [5.41, 5.74) is -0.395. The van der Waals surface area contributed by atoms with E-state index in [0.717, 1.165) is 25.0 Å². The molecule has 0 aliphatic carbocycles. The molecule has 2 aliphatic heterocycles. The first-order chi connectivity index (χ1) is 13.5. The molecule has 1 aromatic heterocycles. The van der Waals surface area contributed by atoms with Gasteiger partial charge in [0.2, 0.25) is 10.0 Å². The minimum atomic E-state index is -5.08. The predicted octanol–water partition coefficient (Wildman–Crippen LogP) is 2.07. The van der Waals surface area contributed by atoms with E-state index in [-0.39, 0.29) is 11.9 Å². The Bertz CT molecular complexity index is 790. The number of pyridine rings is 1. The number of carboxylic acids is 1. The second kappa shape index (κ2) is 9.26. The van der Waals surface area contributed by atoms with Crippen LogP contribution in [0.3, 0.4) is 0 Å². The highest BCUT2D eigenvalue weighted by Gasteiger charge is 2.46. The summed E-state index contributed by atoms with van der Waals surface area (Å²) in [6.07, 6.45) is 0.688. The Morgan fingerprint density at radius 2 is 2.17 bits per heavy atom. The number of rotatable bonds is 4. The molecule has 1 aromatic rings. The SMILES string of the molecule is CCS(=O)(=O)N1CCCC2(CC(Oc3cccnc3)CO2)C1.O=C(O)C(F)(F)F. The standard InChI is InChI=1S/C15H22N2O4S.C2HF3O2/c1-2-22(18,19)17-8-4-6-15(12-17)9-14(11-20-15)21-13-5-3-7-16-10-13;3-2(4,5)1(6)7/h3,5,7,10,14H,2,4,6,8-9,11-12H2,1H3;(H,6,7). The monoisotopic (exact) mass is 440 g/mol. The molecule has 0 radical (unpaired) electrons. The van der Waals surface area contributed by atoms with Crippen molar-refractivity contribution in [2.75, 3.05) is 25.4 Å². The Morgan fingerprint density at radius 3 is 2.72 bits per heavy atom. The third kappa shape index (κ3) is 6.54. The Kier molecular flexibility index (Phi) is 7.46. The van der Waals surface area contributed by atoms with Crippen LogP contribution in [0.2, 0.25) is 0 Å². The molecule has 0 bridgehead atoms. The summed E-state index contributed by atoms with van der Waals surface area (Å²) in [4.78, 5) is 12.9. The molecule has 2 aliphatic rings. The number of hydrogen-bond donors (Lipinski definition) is 1. The molecule has 12 heteroatoms. The number of alkyl halides is 3. The van der Waals surface area contributed by atoms with Crippen molar-refractivity contribution in [3.8, 4) is 5.75 Å². The summed E-state index contributed by atoms with van der Waals surface area (Å²) < 4.78 is 69.4. The fourth-order valence-electron chi connectivity index (χ4n) is 3.25. The second-order valence-corrected chi connectivity index (χ2v) is 9.02. The average Bonchev–Trinajstić information content (AvgIpc) is 3.04. The fraction of sp³-hybridized carbons (Fsp3) is 0.647. The number of halogens is 3. The molecule has 3 rings (SSSR count). The lowest BCUT2D eigenvalue weighted by Gasteiger charge is -2.38. The van der Waals surface area contributed by atoms with E-state index in [0.29, 0.717) is 19.7 Å². The zero-order valence-corrected chi connectivity index (χ0v) is 16.6. The number of ether oxygens (including phenoxy) is 2. The third-order valence-corrected chi connectivity index (χ3v) is 6.45. The molecule has 0 amide bonds. The Labute approximate surface area is 166 Å². The summed E-state index contributed by atoms with van der Waals surface area (Å²) in [7, 11) is -3.16.